The molecule has 100 valence electrons. The highest BCUT2D eigenvalue weighted by Crippen LogP contribution is 2.23. The first-order valence-electron chi connectivity index (χ1n) is 6.07. The SMILES string of the molecule is C=CCOc1ccc(Cl)cc1CN[C@H](CC)CO. The second kappa shape index (κ2) is 8.14. The molecule has 4 heteroatoms. The molecule has 0 saturated heterocycles. The minimum absolute atomic E-state index is 0.0937. The first kappa shape index (κ1) is 15.0. The van der Waals surface area contributed by atoms with Crippen molar-refractivity contribution in [2.24, 2.45) is 0 Å². The molecule has 0 fully saturated rings. The number of halogens is 1. The van der Waals surface area contributed by atoms with E-state index in [2.05, 4.69) is 11.9 Å². The van der Waals surface area contributed by atoms with Crippen molar-refractivity contribution in [2.75, 3.05) is 13.2 Å². The molecule has 0 bridgehead atoms. The van der Waals surface area contributed by atoms with Gasteiger partial charge in [0.1, 0.15) is 12.4 Å². The van der Waals surface area contributed by atoms with E-state index in [-0.39, 0.29) is 12.6 Å². The van der Waals surface area contributed by atoms with Crippen molar-refractivity contribution in [1.82, 2.24) is 5.32 Å². The standard InChI is InChI=1S/C14H20ClNO2/c1-3-7-18-14-6-5-12(15)8-11(14)9-16-13(4-2)10-17/h3,5-6,8,13,16-17H,1,4,7,9-10H2,2H3/t13-/m1/s1. The van der Waals surface area contributed by atoms with Crippen molar-refractivity contribution in [2.45, 2.75) is 25.9 Å². The average molecular weight is 270 g/mol. The molecular formula is C14H20ClNO2. The van der Waals surface area contributed by atoms with E-state index >= 15 is 0 Å². The molecule has 1 aromatic carbocycles. The van der Waals surface area contributed by atoms with Crippen LogP contribution in [-0.2, 0) is 6.54 Å². The highest BCUT2D eigenvalue weighted by molar-refractivity contribution is 6.30. The van der Waals surface area contributed by atoms with Crippen molar-refractivity contribution in [3.63, 3.8) is 0 Å². The van der Waals surface area contributed by atoms with Crippen molar-refractivity contribution >= 4 is 11.6 Å². The van der Waals surface area contributed by atoms with Gasteiger partial charge in [-0.25, -0.2) is 0 Å². The summed E-state index contributed by atoms with van der Waals surface area (Å²) in [5.74, 6) is 0.791. The Hall–Kier alpha value is -1.03. The molecule has 3 nitrogen and oxygen atoms in total. The van der Waals surface area contributed by atoms with Gasteiger partial charge in [0.15, 0.2) is 0 Å². The van der Waals surface area contributed by atoms with E-state index < -0.39 is 0 Å². The fraction of sp³-hybridized carbons (Fsp3) is 0.429. The van der Waals surface area contributed by atoms with E-state index in [0.29, 0.717) is 18.2 Å². The van der Waals surface area contributed by atoms with Crippen molar-refractivity contribution < 1.29 is 9.84 Å². The summed E-state index contributed by atoms with van der Waals surface area (Å²) in [4.78, 5) is 0. The van der Waals surface area contributed by atoms with Gasteiger partial charge in [0.25, 0.3) is 0 Å². The van der Waals surface area contributed by atoms with Crippen LogP contribution in [-0.4, -0.2) is 24.4 Å². The van der Waals surface area contributed by atoms with Gasteiger partial charge in [0.05, 0.1) is 6.61 Å². The molecule has 0 aliphatic heterocycles. The van der Waals surface area contributed by atoms with Crippen molar-refractivity contribution in [3.8, 4) is 5.75 Å². The summed E-state index contributed by atoms with van der Waals surface area (Å²) in [5.41, 5.74) is 0.983. The summed E-state index contributed by atoms with van der Waals surface area (Å²) in [7, 11) is 0. The maximum Gasteiger partial charge on any atom is 0.124 e. The van der Waals surface area contributed by atoms with Crippen molar-refractivity contribution in [3.05, 3.63) is 41.4 Å². The Kier molecular flexibility index (Phi) is 6.80. The maximum absolute atomic E-state index is 9.14. The molecule has 0 unspecified atom stereocenters. The van der Waals surface area contributed by atoms with Crippen molar-refractivity contribution in [1.29, 1.82) is 0 Å². The number of hydrogen-bond acceptors (Lipinski definition) is 3. The summed E-state index contributed by atoms with van der Waals surface area (Å²) >= 11 is 5.98. The van der Waals surface area contributed by atoms with Gasteiger partial charge >= 0.3 is 0 Å². The minimum Gasteiger partial charge on any atom is -0.489 e. The zero-order valence-corrected chi connectivity index (χ0v) is 11.4. The lowest BCUT2D eigenvalue weighted by Crippen LogP contribution is -2.31. The Labute approximate surface area is 113 Å². The zero-order chi connectivity index (χ0) is 13.4. The van der Waals surface area contributed by atoms with Gasteiger partial charge in [0, 0.05) is 23.2 Å². The van der Waals surface area contributed by atoms with Gasteiger partial charge < -0.3 is 15.2 Å². The lowest BCUT2D eigenvalue weighted by Gasteiger charge is -2.16. The summed E-state index contributed by atoms with van der Waals surface area (Å²) < 4.78 is 5.56. The number of benzene rings is 1. The number of aliphatic hydroxyl groups is 1. The summed E-state index contributed by atoms with van der Waals surface area (Å²) in [6.45, 7) is 6.86. The first-order valence-corrected chi connectivity index (χ1v) is 6.45. The topological polar surface area (TPSA) is 41.5 Å². The molecular weight excluding hydrogens is 250 g/mol. The Morgan fingerprint density at radius 3 is 2.94 bits per heavy atom. The number of ether oxygens (including phenoxy) is 1. The second-order valence-electron chi connectivity index (χ2n) is 4.02. The third-order valence-corrected chi connectivity index (χ3v) is 2.91. The smallest absolute Gasteiger partial charge is 0.124 e. The van der Waals surface area contributed by atoms with Crippen LogP contribution >= 0.6 is 11.6 Å². The third kappa shape index (κ3) is 4.69. The zero-order valence-electron chi connectivity index (χ0n) is 10.7. The molecule has 0 amide bonds. The number of rotatable bonds is 8. The average Bonchev–Trinajstić information content (AvgIpc) is 2.39. The van der Waals surface area contributed by atoms with Gasteiger partial charge in [-0.3, -0.25) is 0 Å². The molecule has 0 heterocycles. The van der Waals surface area contributed by atoms with Crippen LogP contribution in [0.4, 0.5) is 0 Å². The van der Waals surface area contributed by atoms with Crippen LogP contribution in [0.3, 0.4) is 0 Å². The van der Waals surface area contributed by atoms with Crippen LogP contribution < -0.4 is 10.1 Å². The molecule has 2 N–H and O–H groups in total. The largest absolute Gasteiger partial charge is 0.489 e. The Morgan fingerprint density at radius 1 is 1.56 bits per heavy atom. The summed E-state index contributed by atoms with van der Waals surface area (Å²) in [5, 5.41) is 13.1. The summed E-state index contributed by atoms with van der Waals surface area (Å²) in [6.07, 6.45) is 2.58. The fourth-order valence-corrected chi connectivity index (χ4v) is 1.76. The first-order chi connectivity index (χ1) is 8.71. The molecule has 0 aliphatic rings. The lowest BCUT2D eigenvalue weighted by molar-refractivity contribution is 0.237. The second-order valence-corrected chi connectivity index (χ2v) is 4.46. The Balaban J connectivity index is 2.71. The van der Waals surface area contributed by atoms with Gasteiger partial charge in [-0.1, -0.05) is 31.2 Å². The molecule has 0 aliphatic carbocycles. The van der Waals surface area contributed by atoms with E-state index in [0.717, 1.165) is 17.7 Å². The highest BCUT2D eigenvalue weighted by Gasteiger charge is 2.08. The third-order valence-electron chi connectivity index (χ3n) is 2.67. The quantitative estimate of drug-likeness (QED) is 0.713. The maximum atomic E-state index is 9.14. The summed E-state index contributed by atoms with van der Waals surface area (Å²) in [6, 6.07) is 5.61. The Bertz CT molecular complexity index is 378. The molecule has 18 heavy (non-hydrogen) atoms. The van der Waals surface area contributed by atoms with E-state index in [1.54, 1.807) is 12.1 Å². The van der Waals surface area contributed by atoms with E-state index in [4.69, 9.17) is 21.4 Å². The molecule has 1 atom stereocenters. The number of nitrogens with one attached hydrogen (secondary N) is 1. The molecule has 1 aromatic rings. The van der Waals surface area contributed by atoms with Crippen LogP contribution in [0.25, 0.3) is 0 Å². The van der Waals surface area contributed by atoms with Gasteiger partial charge in [0.2, 0.25) is 0 Å². The van der Waals surface area contributed by atoms with Crippen LogP contribution in [0.2, 0.25) is 5.02 Å². The highest BCUT2D eigenvalue weighted by atomic mass is 35.5. The van der Waals surface area contributed by atoms with Crippen LogP contribution in [0.15, 0.2) is 30.9 Å². The van der Waals surface area contributed by atoms with Crippen LogP contribution in [0, 0.1) is 0 Å². The molecule has 0 radical (unpaired) electrons. The normalized spacial score (nSPS) is 12.2. The van der Waals surface area contributed by atoms with Gasteiger partial charge in [-0.2, -0.15) is 0 Å². The van der Waals surface area contributed by atoms with Crippen LogP contribution in [0.5, 0.6) is 5.75 Å². The predicted octanol–water partition coefficient (Wildman–Crippen LogP) is 2.77. The molecule has 1 rings (SSSR count). The number of aliphatic hydroxyl groups excluding tert-OH is 1. The number of hydrogen-bond donors (Lipinski definition) is 2. The molecule has 0 saturated carbocycles. The monoisotopic (exact) mass is 269 g/mol. The van der Waals surface area contributed by atoms with Gasteiger partial charge in [-0.05, 0) is 24.6 Å². The van der Waals surface area contributed by atoms with Gasteiger partial charge in [-0.15, -0.1) is 0 Å². The Morgan fingerprint density at radius 2 is 2.33 bits per heavy atom. The van der Waals surface area contributed by atoms with E-state index in [9.17, 15) is 0 Å². The van der Waals surface area contributed by atoms with Crippen LogP contribution in [0.1, 0.15) is 18.9 Å². The predicted molar refractivity (Wildman–Crippen MR) is 75.1 cm³/mol. The molecule has 0 aromatic heterocycles. The van der Waals surface area contributed by atoms with E-state index in [1.807, 2.05) is 19.1 Å². The molecule has 0 spiro atoms. The van der Waals surface area contributed by atoms with E-state index in [1.165, 1.54) is 0 Å². The fourth-order valence-electron chi connectivity index (χ4n) is 1.57. The lowest BCUT2D eigenvalue weighted by atomic mass is 10.1. The minimum atomic E-state index is 0.0937.